The molecule has 0 saturated heterocycles. The average molecular weight is 412 g/mol. The van der Waals surface area contributed by atoms with Crippen LogP contribution in [0.15, 0.2) is 83.4 Å². The molecule has 0 saturated carbocycles. The second kappa shape index (κ2) is 11.1. The van der Waals surface area contributed by atoms with Crippen LogP contribution in [0.5, 0.6) is 0 Å². The van der Waals surface area contributed by atoms with Crippen molar-refractivity contribution in [3.63, 3.8) is 0 Å². The zero-order chi connectivity index (χ0) is 20.4. The highest BCUT2D eigenvalue weighted by Crippen LogP contribution is 2.31. The number of halogens is 3. The molecule has 0 amide bonds. The zero-order valence-electron chi connectivity index (χ0n) is 15.6. The Bertz CT molecular complexity index is 722. The fourth-order valence-corrected chi connectivity index (χ4v) is 3.38. The third-order valence-electron chi connectivity index (χ3n) is 3.73. The Labute approximate surface area is 169 Å². The summed E-state index contributed by atoms with van der Waals surface area (Å²) in [5.41, 5.74) is 2.72. The Morgan fingerprint density at radius 1 is 1.33 bits per heavy atom. The van der Waals surface area contributed by atoms with Crippen LogP contribution in [0, 0.1) is 0 Å². The van der Waals surface area contributed by atoms with E-state index < -0.39 is 12.6 Å². The molecular formula is C21H24F3NS2. The highest BCUT2D eigenvalue weighted by Gasteiger charge is 2.24. The second-order valence-electron chi connectivity index (χ2n) is 5.82. The maximum atomic E-state index is 12.4. The van der Waals surface area contributed by atoms with Crippen LogP contribution in [0.2, 0.25) is 0 Å². The molecule has 0 aromatic rings. The highest BCUT2D eigenvalue weighted by molar-refractivity contribution is 8.25. The molecule has 0 N–H and O–H groups in total. The lowest BCUT2D eigenvalue weighted by Gasteiger charge is -2.17. The van der Waals surface area contributed by atoms with Gasteiger partial charge >= 0.3 is 6.18 Å². The van der Waals surface area contributed by atoms with E-state index in [1.54, 1.807) is 18.2 Å². The number of hydrogen-bond donors (Lipinski definition) is 0. The summed E-state index contributed by atoms with van der Waals surface area (Å²) in [6.07, 6.45) is 9.03. The van der Waals surface area contributed by atoms with Crippen LogP contribution in [0.4, 0.5) is 13.2 Å². The summed E-state index contributed by atoms with van der Waals surface area (Å²) in [6.45, 7) is 10.3. The van der Waals surface area contributed by atoms with Gasteiger partial charge in [-0.1, -0.05) is 79.7 Å². The van der Waals surface area contributed by atoms with Crippen molar-refractivity contribution in [1.29, 1.82) is 0 Å². The summed E-state index contributed by atoms with van der Waals surface area (Å²) < 4.78 is 37.8. The smallest absolute Gasteiger partial charge is 0.361 e. The number of allylic oxidation sites excluding steroid dienone is 11. The van der Waals surface area contributed by atoms with Crippen molar-refractivity contribution in [1.82, 2.24) is 4.90 Å². The number of thiocarbonyl (C=S) groups is 1. The second-order valence-corrected chi connectivity index (χ2v) is 7.53. The van der Waals surface area contributed by atoms with Crippen molar-refractivity contribution in [3.8, 4) is 0 Å². The summed E-state index contributed by atoms with van der Waals surface area (Å²) in [5.74, 6) is 0. The molecule has 1 aliphatic rings. The monoisotopic (exact) mass is 411 g/mol. The van der Waals surface area contributed by atoms with Crippen LogP contribution in [0.3, 0.4) is 0 Å². The van der Waals surface area contributed by atoms with Crippen LogP contribution >= 0.6 is 24.0 Å². The van der Waals surface area contributed by atoms with E-state index in [-0.39, 0.29) is 0 Å². The van der Waals surface area contributed by atoms with Gasteiger partial charge < -0.3 is 4.90 Å². The van der Waals surface area contributed by atoms with E-state index in [9.17, 15) is 13.2 Å². The van der Waals surface area contributed by atoms with Gasteiger partial charge in [0, 0.05) is 18.5 Å². The molecule has 1 aliphatic carbocycles. The SMILES string of the molecule is C=C/C=C(\C=C/CC(F)(F)F)C1=CC=C(/C=C(\C=C)SC(=S)N(C)CC)C1. The minimum atomic E-state index is -4.20. The summed E-state index contributed by atoms with van der Waals surface area (Å²) in [4.78, 5) is 2.91. The number of thioether (sulfide) groups is 1. The summed E-state index contributed by atoms with van der Waals surface area (Å²) in [7, 11) is 1.93. The van der Waals surface area contributed by atoms with Crippen LogP contribution in [-0.4, -0.2) is 29.0 Å². The molecule has 0 fully saturated rings. The third-order valence-corrected chi connectivity index (χ3v) is 5.30. The Morgan fingerprint density at radius 3 is 2.59 bits per heavy atom. The van der Waals surface area contributed by atoms with Crippen molar-refractivity contribution in [2.45, 2.75) is 25.9 Å². The summed E-state index contributed by atoms with van der Waals surface area (Å²) in [6, 6.07) is 0. The normalized spacial score (nSPS) is 15.6. The molecule has 0 aromatic heterocycles. The number of nitrogens with zero attached hydrogens (tertiary/aromatic N) is 1. The molecule has 1 nitrogen and oxygen atoms in total. The Hall–Kier alpha value is -1.79. The molecule has 0 spiro atoms. The Balaban J connectivity index is 2.81. The first kappa shape index (κ1) is 23.2. The van der Waals surface area contributed by atoms with Crippen molar-refractivity contribution < 1.29 is 13.2 Å². The molecule has 1 rings (SSSR count). The van der Waals surface area contributed by atoms with E-state index in [0.717, 1.165) is 38.6 Å². The van der Waals surface area contributed by atoms with Gasteiger partial charge in [0.1, 0.15) is 4.32 Å². The van der Waals surface area contributed by atoms with Gasteiger partial charge in [-0.3, -0.25) is 0 Å². The predicted molar refractivity (Wildman–Crippen MR) is 116 cm³/mol. The van der Waals surface area contributed by atoms with Gasteiger partial charge in [0.05, 0.1) is 6.42 Å². The van der Waals surface area contributed by atoms with Crippen molar-refractivity contribution >= 4 is 28.3 Å². The minimum Gasteiger partial charge on any atom is -0.361 e. The van der Waals surface area contributed by atoms with E-state index in [2.05, 4.69) is 13.2 Å². The molecule has 0 unspecified atom stereocenters. The molecule has 27 heavy (non-hydrogen) atoms. The lowest BCUT2D eigenvalue weighted by atomic mass is 10.0. The molecule has 0 heterocycles. The summed E-state index contributed by atoms with van der Waals surface area (Å²) in [5, 5.41) is 0. The minimum absolute atomic E-state index is 0.629. The van der Waals surface area contributed by atoms with Crippen LogP contribution in [0.25, 0.3) is 0 Å². The molecule has 6 heteroatoms. The van der Waals surface area contributed by atoms with E-state index in [1.165, 1.54) is 17.8 Å². The predicted octanol–water partition coefficient (Wildman–Crippen LogP) is 6.90. The molecular weight excluding hydrogens is 387 g/mol. The van der Waals surface area contributed by atoms with Gasteiger partial charge in [-0.25, -0.2) is 0 Å². The van der Waals surface area contributed by atoms with Gasteiger partial charge in [0.15, 0.2) is 0 Å². The lowest BCUT2D eigenvalue weighted by Crippen LogP contribution is -2.21. The van der Waals surface area contributed by atoms with E-state index >= 15 is 0 Å². The first-order valence-corrected chi connectivity index (χ1v) is 9.65. The standard InChI is InChI=1S/C21H24F3NS2/c1-5-9-17(10-8-13-21(22,23)24)18-12-11-16(14-18)15-19(6-2)27-20(26)25(4)7-3/h5-6,8-12,15H,1-2,7,13-14H2,3-4H3/b10-8-,17-9+,19-15+. The Morgan fingerprint density at radius 2 is 2.04 bits per heavy atom. The first-order chi connectivity index (χ1) is 12.7. The Kier molecular flexibility index (Phi) is 9.60. The fraction of sp³-hybridized carbons (Fsp3) is 0.286. The maximum Gasteiger partial charge on any atom is 0.392 e. The van der Waals surface area contributed by atoms with Crippen molar-refractivity contribution in [3.05, 3.63) is 83.4 Å². The lowest BCUT2D eigenvalue weighted by molar-refractivity contribution is -0.125. The van der Waals surface area contributed by atoms with Gasteiger partial charge in [0.2, 0.25) is 0 Å². The molecule has 0 atom stereocenters. The van der Waals surface area contributed by atoms with Gasteiger partial charge in [-0.15, -0.1) is 0 Å². The molecule has 0 aliphatic heterocycles. The third kappa shape index (κ3) is 8.63. The topological polar surface area (TPSA) is 3.24 Å². The van der Waals surface area contributed by atoms with Crippen LogP contribution < -0.4 is 0 Å². The number of alkyl halides is 3. The molecule has 0 bridgehead atoms. The maximum absolute atomic E-state index is 12.4. The van der Waals surface area contributed by atoms with E-state index in [0.29, 0.717) is 6.42 Å². The molecule has 0 aromatic carbocycles. The fourth-order valence-electron chi connectivity index (χ4n) is 2.18. The first-order valence-electron chi connectivity index (χ1n) is 8.43. The molecule has 0 radical (unpaired) electrons. The largest absolute Gasteiger partial charge is 0.392 e. The quantitative estimate of drug-likeness (QED) is 0.316. The van der Waals surface area contributed by atoms with Crippen LogP contribution in [-0.2, 0) is 0 Å². The average Bonchev–Trinajstić information content (AvgIpc) is 3.06. The van der Waals surface area contributed by atoms with E-state index in [4.69, 9.17) is 12.2 Å². The van der Waals surface area contributed by atoms with Gasteiger partial charge in [0.25, 0.3) is 0 Å². The number of rotatable bonds is 8. The van der Waals surface area contributed by atoms with Crippen LogP contribution in [0.1, 0.15) is 19.8 Å². The highest BCUT2D eigenvalue weighted by atomic mass is 32.2. The summed E-state index contributed by atoms with van der Waals surface area (Å²) >= 11 is 6.85. The number of hydrogen-bond acceptors (Lipinski definition) is 2. The van der Waals surface area contributed by atoms with Crippen molar-refractivity contribution in [2.24, 2.45) is 0 Å². The van der Waals surface area contributed by atoms with Gasteiger partial charge in [-0.2, -0.15) is 13.2 Å². The van der Waals surface area contributed by atoms with Gasteiger partial charge in [-0.05, 0) is 36.1 Å². The molecule has 146 valence electrons. The van der Waals surface area contributed by atoms with Crippen molar-refractivity contribution in [2.75, 3.05) is 13.6 Å². The zero-order valence-corrected chi connectivity index (χ0v) is 17.2. The van der Waals surface area contributed by atoms with E-state index in [1.807, 2.05) is 37.1 Å².